The molecule has 118 valence electrons. The van der Waals surface area contributed by atoms with Gasteiger partial charge in [-0.25, -0.2) is 0 Å². The van der Waals surface area contributed by atoms with Crippen molar-refractivity contribution in [2.45, 2.75) is 38.6 Å². The second-order valence-corrected chi connectivity index (χ2v) is 7.22. The molecule has 1 unspecified atom stereocenters. The molecule has 0 saturated carbocycles. The van der Waals surface area contributed by atoms with Crippen molar-refractivity contribution in [2.75, 3.05) is 11.4 Å². The first-order valence-electron chi connectivity index (χ1n) is 7.14. The second kappa shape index (κ2) is 6.50. The number of nitrogens with zero attached hydrogens (tertiary/aromatic N) is 3. The highest BCUT2D eigenvalue weighted by Gasteiger charge is 2.33. The summed E-state index contributed by atoms with van der Waals surface area (Å²) in [5, 5.41) is 8.93. The Morgan fingerprint density at radius 2 is 2.09 bits per heavy atom. The third-order valence-electron chi connectivity index (χ3n) is 3.66. The van der Waals surface area contributed by atoms with Crippen LogP contribution >= 0.6 is 27.5 Å². The number of carbonyl (C=O) groups excluding carboxylic acids is 1. The van der Waals surface area contributed by atoms with Gasteiger partial charge in [-0.15, -0.1) is 0 Å². The number of allylic oxidation sites excluding steroid dienone is 1. The standard InChI is InChI=1S/C16H19BrClN3O/c1-5-13-6-7-14(18)11(3)15(13)21(12(4)22)9-16(17)8-10(2)19-20-16/h6-8H,5,9H2,1-4H3. The van der Waals surface area contributed by atoms with Gasteiger partial charge in [-0.2, -0.15) is 10.2 Å². The Bertz CT molecular complexity index is 672. The summed E-state index contributed by atoms with van der Waals surface area (Å²) in [5.74, 6) is -0.0490. The van der Waals surface area contributed by atoms with Crippen LogP contribution in [0, 0.1) is 6.92 Å². The zero-order chi connectivity index (χ0) is 16.5. The largest absolute Gasteiger partial charge is 0.308 e. The number of rotatable bonds is 4. The van der Waals surface area contributed by atoms with Crippen LogP contribution in [0.1, 0.15) is 31.9 Å². The van der Waals surface area contributed by atoms with Gasteiger partial charge in [0.25, 0.3) is 0 Å². The van der Waals surface area contributed by atoms with E-state index in [-0.39, 0.29) is 5.91 Å². The summed E-state index contributed by atoms with van der Waals surface area (Å²) in [7, 11) is 0. The van der Waals surface area contributed by atoms with Gasteiger partial charge in [0.15, 0.2) is 4.45 Å². The number of aryl methyl sites for hydroxylation is 1. The molecule has 1 heterocycles. The third kappa shape index (κ3) is 3.41. The first kappa shape index (κ1) is 17.2. The van der Waals surface area contributed by atoms with Gasteiger partial charge in [-0.1, -0.05) is 40.5 Å². The SMILES string of the molecule is CCc1ccc(Cl)c(C)c1N(CC1(Br)C=C(C)N=N1)C(C)=O. The van der Waals surface area contributed by atoms with Gasteiger partial charge in [0.2, 0.25) is 5.91 Å². The summed E-state index contributed by atoms with van der Waals surface area (Å²) in [6.07, 6.45) is 2.73. The highest BCUT2D eigenvalue weighted by Crippen LogP contribution is 2.36. The molecular weight excluding hydrogens is 366 g/mol. The molecule has 0 aliphatic carbocycles. The Hall–Kier alpha value is -1.20. The molecule has 1 aromatic carbocycles. The number of halogens is 2. The number of hydrogen-bond donors (Lipinski definition) is 0. The van der Waals surface area contributed by atoms with Crippen molar-refractivity contribution in [3.8, 4) is 0 Å². The van der Waals surface area contributed by atoms with Gasteiger partial charge in [0.1, 0.15) is 0 Å². The fraction of sp³-hybridized carbons (Fsp3) is 0.438. The van der Waals surface area contributed by atoms with E-state index in [0.717, 1.165) is 28.9 Å². The van der Waals surface area contributed by atoms with Crippen LogP contribution in [0.3, 0.4) is 0 Å². The van der Waals surface area contributed by atoms with Crippen molar-refractivity contribution in [2.24, 2.45) is 10.2 Å². The molecule has 1 amide bonds. The van der Waals surface area contributed by atoms with E-state index in [0.29, 0.717) is 11.6 Å². The molecule has 4 nitrogen and oxygen atoms in total. The molecule has 0 N–H and O–H groups in total. The minimum Gasteiger partial charge on any atom is -0.308 e. The Balaban J connectivity index is 2.48. The van der Waals surface area contributed by atoms with Gasteiger partial charge >= 0.3 is 0 Å². The van der Waals surface area contributed by atoms with E-state index in [4.69, 9.17) is 11.6 Å². The van der Waals surface area contributed by atoms with Crippen molar-refractivity contribution >= 4 is 39.1 Å². The number of carbonyl (C=O) groups is 1. The number of anilines is 1. The summed E-state index contributed by atoms with van der Waals surface area (Å²) in [6.45, 7) is 7.81. The van der Waals surface area contributed by atoms with Crippen LogP contribution in [0.25, 0.3) is 0 Å². The number of alkyl halides is 1. The molecule has 0 radical (unpaired) electrons. The number of amides is 1. The van der Waals surface area contributed by atoms with Crippen molar-refractivity contribution in [1.29, 1.82) is 0 Å². The monoisotopic (exact) mass is 383 g/mol. The minimum atomic E-state index is -0.678. The Kier molecular flexibility index (Phi) is 5.07. The molecule has 1 aliphatic heterocycles. The van der Waals surface area contributed by atoms with Gasteiger partial charge in [-0.05, 0) is 43.5 Å². The average molecular weight is 385 g/mol. The molecule has 1 atom stereocenters. The molecular formula is C16H19BrClN3O. The fourth-order valence-electron chi connectivity index (χ4n) is 2.58. The lowest BCUT2D eigenvalue weighted by molar-refractivity contribution is -0.116. The summed E-state index contributed by atoms with van der Waals surface area (Å²) in [6, 6.07) is 3.85. The lowest BCUT2D eigenvalue weighted by atomic mass is 10.0. The Labute approximate surface area is 144 Å². The zero-order valence-electron chi connectivity index (χ0n) is 13.2. The fourth-order valence-corrected chi connectivity index (χ4v) is 3.39. The maximum absolute atomic E-state index is 12.3. The molecule has 0 aromatic heterocycles. The van der Waals surface area contributed by atoms with Gasteiger partial charge in [-0.3, -0.25) is 4.79 Å². The van der Waals surface area contributed by atoms with Crippen molar-refractivity contribution in [3.05, 3.63) is 40.1 Å². The van der Waals surface area contributed by atoms with Gasteiger partial charge in [0, 0.05) is 11.9 Å². The van der Waals surface area contributed by atoms with Gasteiger partial charge < -0.3 is 4.90 Å². The maximum Gasteiger partial charge on any atom is 0.224 e. The lowest BCUT2D eigenvalue weighted by Gasteiger charge is -2.30. The molecule has 6 heteroatoms. The van der Waals surface area contributed by atoms with Crippen molar-refractivity contribution < 1.29 is 4.79 Å². The van der Waals surface area contributed by atoms with Crippen LogP contribution in [0.5, 0.6) is 0 Å². The van der Waals surface area contributed by atoms with E-state index in [2.05, 4.69) is 33.1 Å². The van der Waals surface area contributed by atoms with Crippen LogP contribution in [-0.4, -0.2) is 16.9 Å². The third-order valence-corrected chi connectivity index (χ3v) is 4.71. The van der Waals surface area contributed by atoms with Crippen LogP contribution in [0.2, 0.25) is 5.02 Å². The predicted octanol–water partition coefficient (Wildman–Crippen LogP) is 5.02. The van der Waals surface area contributed by atoms with E-state index >= 15 is 0 Å². The maximum atomic E-state index is 12.3. The molecule has 0 saturated heterocycles. The smallest absolute Gasteiger partial charge is 0.224 e. The van der Waals surface area contributed by atoms with Gasteiger partial charge in [0.05, 0.1) is 17.9 Å². The predicted molar refractivity (Wildman–Crippen MR) is 93.9 cm³/mol. The molecule has 1 aromatic rings. The zero-order valence-corrected chi connectivity index (χ0v) is 15.5. The van der Waals surface area contributed by atoms with Crippen LogP contribution < -0.4 is 4.90 Å². The molecule has 2 rings (SSSR count). The lowest BCUT2D eigenvalue weighted by Crippen LogP contribution is -2.39. The van der Waals surface area contributed by atoms with Crippen LogP contribution in [0.15, 0.2) is 34.1 Å². The Morgan fingerprint density at radius 3 is 2.59 bits per heavy atom. The summed E-state index contributed by atoms with van der Waals surface area (Å²) >= 11 is 9.84. The van der Waals surface area contributed by atoms with Crippen LogP contribution in [0.4, 0.5) is 5.69 Å². The van der Waals surface area contributed by atoms with Crippen molar-refractivity contribution in [3.63, 3.8) is 0 Å². The van der Waals surface area contributed by atoms with E-state index in [1.165, 1.54) is 0 Å². The molecule has 0 spiro atoms. The summed E-state index contributed by atoms with van der Waals surface area (Å²) in [5.41, 5.74) is 3.69. The average Bonchev–Trinajstić information content (AvgIpc) is 2.79. The summed E-state index contributed by atoms with van der Waals surface area (Å²) in [4.78, 5) is 14.0. The van der Waals surface area contributed by atoms with E-state index in [9.17, 15) is 4.79 Å². The van der Waals surface area contributed by atoms with Crippen molar-refractivity contribution in [1.82, 2.24) is 0 Å². The van der Waals surface area contributed by atoms with E-state index < -0.39 is 4.45 Å². The number of azo groups is 1. The van der Waals surface area contributed by atoms with E-state index in [1.54, 1.807) is 11.8 Å². The molecule has 0 fully saturated rings. The summed E-state index contributed by atoms with van der Waals surface area (Å²) < 4.78 is -0.678. The first-order chi connectivity index (χ1) is 10.3. The molecule has 1 aliphatic rings. The Morgan fingerprint density at radius 1 is 1.41 bits per heavy atom. The highest BCUT2D eigenvalue weighted by atomic mass is 79.9. The molecule has 0 bridgehead atoms. The normalized spacial score (nSPS) is 20.2. The van der Waals surface area contributed by atoms with E-state index in [1.807, 2.05) is 32.1 Å². The highest BCUT2D eigenvalue weighted by molar-refractivity contribution is 9.10. The number of benzene rings is 1. The minimum absolute atomic E-state index is 0.0490. The van der Waals surface area contributed by atoms with Crippen LogP contribution in [-0.2, 0) is 11.2 Å². The second-order valence-electron chi connectivity index (χ2n) is 5.44. The number of hydrogen-bond acceptors (Lipinski definition) is 3. The topological polar surface area (TPSA) is 45.0 Å². The molecule has 22 heavy (non-hydrogen) atoms. The quantitative estimate of drug-likeness (QED) is 0.530. The first-order valence-corrected chi connectivity index (χ1v) is 8.32.